The number of rotatable bonds is 4. The maximum absolute atomic E-state index is 14.4. The molecule has 0 aromatic heterocycles. The highest BCUT2D eigenvalue weighted by molar-refractivity contribution is 5.30. The van der Waals surface area contributed by atoms with Crippen molar-refractivity contribution in [3.8, 4) is 5.75 Å². The molecule has 0 heterocycles. The number of alkyl halides is 2. The molecule has 24 heavy (non-hydrogen) atoms. The predicted molar refractivity (Wildman–Crippen MR) is 93.5 cm³/mol. The van der Waals surface area contributed by atoms with Gasteiger partial charge in [0.05, 0.1) is 5.92 Å². The summed E-state index contributed by atoms with van der Waals surface area (Å²) in [5.41, 5.74) is 1.27. The summed E-state index contributed by atoms with van der Waals surface area (Å²) < 4.78 is 33.9. The maximum atomic E-state index is 14.4. The van der Waals surface area contributed by atoms with Crippen LogP contribution in [-0.4, -0.2) is 6.11 Å². The van der Waals surface area contributed by atoms with Gasteiger partial charge in [0, 0.05) is 0 Å². The monoisotopic (exact) mass is 336 g/mol. The SMILES string of the molecule is CC1CCC(c2ccc(OC(F)(F)C3CCC(C)CC3)cc2)CC1. The molecule has 2 saturated carbocycles. The van der Waals surface area contributed by atoms with Gasteiger partial charge in [-0.1, -0.05) is 51.7 Å². The predicted octanol–water partition coefficient (Wildman–Crippen LogP) is 6.78. The van der Waals surface area contributed by atoms with E-state index in [0.717, 1.165) is 18.8 Å². The van der Waals surface area contributed by atoms with Gasteiger partial charge in [-0.15, -0.1) is 0 Å². The van der Waals surface area contributed by atoms with Gasteiger partial charge in [0.25, 0.3) is 0 Å². The van der Waals surface area contributed by atoms with Crippen LogP contribution in [0.25, 0.3) is 0 Å². The Morgan fingerprint density at radius 3 is 1.83 bits per heavy atom. The zero-order valence-electron chi connectivity index (χ0n) is 14.9. The van der Waals surface area contributed by atoms with Crippen LogP contribution in [0.3, 0.4) is 0 Å². The van der Waals surface area contributed by atoms with Crippen LogP contribution in [0.2, 0.25) is 0 Å². The zero-order valence-corrected chi connectivity index (χ0v) is 14.9. The number of benzene rings is 1. The second kappa shape index (κ2) is 7.41. The van der Waals surface area contributed by atoms with Crippen LogP contribution in [0.15, 0.2) is 24.3 Å². The van der Waals surface area contributed by atoms with E-state index in [9.17, 15) is 8.78 Å². The lowest BCUT2D eigenvalue weighted by atomic mass is 9.79. The summed E-state index contributed by atoms with van der Waals surface area (Å²) in [7, 11) is 0. The lowest BCUT2D eigenvalue weighted by Gasteiger charge is -2.32. The molecule has 1 aromatic rings. The minimum atomic E-state index is -3.05. The molecular weight excluding hydrogens is 306 g/mol. The van der Waals surface area contributed by atoms with Gasteiger partial charge in [-0.05, 0) is 61.1 Å². The first-order valence-corrected chi connectivity index (χ1v) is 9.61. The van der Waals surface area contributed by atoms with E-state index in [1.165, 1.54) is 31.2 Å². The normalized spacial score (nSPS) is 31.7. The summed E-state index contributed by atoms with van der Waals surface area (Å²) in [6.07, 6.45) is 4.77. The van der Waals surface area contributed by atoms with Crippen molar-refractivity contribution in [2.24, 2.45) is 17.8 Å². The summed E-state index contributed by atoms with van der Waals surface area (Å²) in [4.78, 5) is 0. The topological polar surface area (TPSA) is 9.23 Å². The number of hydrogen-bond acceptors (Lipinski definition) is 1. The van der Waals surface area contributed by atoms with Gasteiger partial charge in [-0.2, -0.15) is 8.78 Å². The summed E-state index contributed by atoms with van der Waals surface area (Å²) in [5.74, 6) is 1.62. The molecule has 1 aromatic carbocycles. The Balaban J connectivity index is 1.59. The van der Waals surface area contributed by atoms with E-state index in [1.54, 1.807) is 12.1 Å². The van der Waals surface area contributed by atoms with Gasteiger partial charge in [0.2, 0.25) is 0 Å². The molecule has 2 aliphatic rings. The smallest absolute Gasteiger partial charge is 0.400 e. The molecule has 0 atom stereocenters. The second-order valence-corrected chi connectivity index (χ2v) is 8.15. The van der Waals surface area contributed by atoms with Gasteiger partial charge in [0.15, 0.2) is 0 Å². The fourth-order valence-corrected chi connectivity index (χ4v) is 4.24. The molecule has 3 heteroatoms. The average molecular weight is 336 g/mol. The molecule has 0 unspecified atom stereocenters. The van der Waals surface area contributed by atoms with Crippen LogP contribution >= 0.6 is 0 Å². The second-order valence-electron chi connectivity index (χ2n) is 8.15. The van der Waals surface area contributed by atoms with Crippen molar-refractivity contribution in [3.05, 3.63) is 29.8 Å². The molecular formula is C21H30F2O. The summed E-state index contributed by atoms with van der Waals surface area (Å²) in [5, 5.41) is 0. The Bertz CT molecular complexity index is 509. The molecule has 2 fully saturated rings. The Morgan fingerprint density at radius 1 is 0.792 bits per heavy atom. The van der Waals surface area contributed by atoms with Crippen molar-refractivity contribution >= 4 is 0 Å². The zero-order chi connectivity index (χ0) is 17.2. The lowest BCUT2D eigenvalue weighted by Crippen LogP contribution is -2.36. The van der Waals surface area contributed by atoms with Gasteiger partial charge >= 0.3 is 6.11 Å². The summed E-state index contributed by atoms with van der Waals surface area (Å²) in [6, 6.07) is 7.42. The molecule has 3 rings (SSSR count). The van der Waals surface area contributed by atoms with E-state index in [-0.39, 0.29) is 0 Å². The third-order valence-electron chi connectivity index (χ3n) is 6.11. The standard InChI is InChI=1S/C21H30F2O/c1-15-3-7-17(8-4-15)18-9-13-20(14-10-18)24-21(22,23)19-11-5-16(2)6-12-19/h9-10,13-17,19H,3-8,11-12H2,1-2H3. The average Bonchev–Trinajstić information content (AvgIpc) is 2.56. The Kier molecular flexibility index (Phi) is 5.46. The molecule has 0 N–H and O–H groups in total. The molecule has 0 bridgehead atoms. The number of halogens is 2. The third kappa shape index (κ3) is 4.29. The van der Waals surface area contributed by atoms with E-state index in [2.05, 4.69) is 13.8 Å². The van der Waals surface area contributed by atoms with Crippen molar-refractivity contribution < 1.29 is 13.5 Å². The highest BCUT2D eigenvalue weighted by atomic mass is 19.3. The Labute approximate surface area is 144 Å². The van der Waals surface area contributed by atoms with Gasteiger partial charge in [-0.3, -0.25) is 0 Å². The molecule has 134 valence electrons. The molecule has 0 amide bonds. The fourth-order valence-electron chi connectivity index (χ4n) is 4.24. The van der Waals surface area contributed by atoms with Crippen LogP contribution in [0.5, 0.6) is 5.75 Å². The van der Waals surface area contributed by atoms with E-state index in [1.807, 2.05) is 12.1 Å². The third-order valence-corrected chi connectivity index (χ3v) is 6.11. The van der Waals surface area contributed by atoms with Crippen LogP contribution in [0.4, 0.5) is 8.78 Å². The van der Waals surface area contributed by atoms with E-state index in [4.69, 9.17) is 4.74 Å². The molecule has 0 spiro atoms. The lowest BCUT2D eigenvalue weighted by molar-refractivity contribution is -0.223. The van der Waals surface area contributed by atoms with Crippen LogP contribution < -0.4 is 4.74 Å². The first-order valence-electron chi connectivity index (χ1n) is 9.61. The largest absolute Gasteiger partial charge is 0.432 e. The van der Waals surface area contributed by atoms with E-state index >= 15 is 0 Å². The summed E-state index contributed by atoms with van der Waals surface area (Å²) in [6.45, 7) is 4.45. The number of ether oxygens (including phenoxy) is 1. The van der Waals surface area contributed by atoms with E-state index < -0.39 is 12.0 Å². The molecule has 0 saturated heterocycles. The minimum absolute atomic E-state index is 0.298. The van der Waals surface area contributed by atoms with Crippen LogP contribution in [0, 0.1) is 17.8 Å². The number of hydrogen-bond donors (Lipinski definition) is 0. The minimum Gasteiger partial charge on any atom is -0.432 e. The van der Waals surface area contributed by atoms with Gasteiger partial charge in [-0.25, -0.2) is 0 Å². The van der Waals surface area contributed by atoms with Crippen molar-refractivity contribution in [3.63, 3.8) is 0 Å². The Hall–Kier alpha value is -1.12. The highest BCUT2D eigenvalue weighted by Crippen LogP contribution is 2.40. The molecule has 2 aliphatic carbocycles. The van der Waals surface area contributed by atoms with Crippen molar-refractivity contribution in [2.45, 2.75) is 77.2 Å². The van der Waals surface area contributed by atoms with Crippen molar-refractivity contribution in [2.75, 3.05) is 0 Å². The molecule has 0 aliphatic heterocycles. The molecule has 0 radical (unpaired) electrons. The summed E-state index contributed by atoms with van der Waals surface area (Å²) >= 11 is 0. The van der Waals surface area contributed by atoms with E-state index in [0.29, 0.717) is 30.4 Å². The van der Waals surface area contributed by atoms with Crippen LogP contribution in [-0.2, 0) is 0 Å². The first kappa shape index (κ1) is 17.7. The van der Waals surface area contributed by atoms with Crippen molar-refractivity contribution in [1.29, 1.82) is 0 Å². The van der Waals surface area contributed by atoms with Gasteiger partial charge < -0.3 is 4.74 Å². The first-order chi connectivity index (χ1) is 11.4. The Morgan fingerprint density at radius 2 is 1.29 bits per heavy atom. The maximum Gasteiger partial charge on any atom is 0.400 e. The quantitative estimate of drug-likeness (QED) is 0.589. The van der Waals surface area contributed by atoms with Gasteiger partial charge in [0.1, 0.15) is 5.75 Å². The van der Waals surface area contributed by atoms with Crippen molar-refractivity contribution in [1.82, 2.24) is 0 Å². The fraction of sp³-hybridized carbons (Fsp3) is 0.714. The molecule has 1 nitrogen and oxygen atoms in total. The van der Waals surface area contributed by atoms with Crippen LogP contribution in [0.1, 0.15) is 76.7 Å². The highest BCUT2D eigenvalue weighted by Gasteiger charge is 2.43.